The van der Waals surface area contributed by atoms with Gasteiger partial charge in [0.15, 0.2) is 0 Å². The normalized spacial score (nSPS) is 26.8. The lowest BCUT2D eigenvalue weighted by Gasteiger charge is -2.35. The largest absolute Gasteiger partial charge is 0.314 e. The molecule has 1 atom stereocenters. The molecule has 2 nitrogen and oxygen atoms in total. The summed E-state index contributed by atoms with van der Waals surface area (Å²) in [6.45, 7) is 11.5. The van der Waals surface area contributed by atoms with Crippen LogP contribution in [-0.2, 0) is 0 Å². The van der Waals surface area contributed by atoms with Crippen molar-refractivity contribution in [1.29, 1.82) is 0 Å². The second-order valence-corrected chi connectivity index (χ2v) is 6.69. The Morgan fingerprint density at radius 1 is 1.11 bits per heavy atom. The van der Waals surface area contributed by atoms with E-state index < -0.39 is 0 Å². The number of hydrogen-bond donors (Lipinski definition) is 1. The minimum absolute atomic E-state index is 0.609. The molecule has 0 aromatic heterocycles. The Hall–Kier alpha value is -0.0800. The quantitative estimate of drug-likeness (QED) is 0.748. The molecule has 0 radical (unpaired) electrons. The smallest absolute Gasteiger partial charge is 0.00925 e. The van der Waals surface area contributed by atoms with Crippen molar-refractivity contribution >= 4 is 0 Å². The van der Waals surface area contributed by atoms with Gasteiger partial charge in [0, 0.05) is 18.6 Å². The summed E-state index contributed by atoms with van der Waals surface area (Å²) in [5.74, 6) is 1.76. The van der Waals surface area contributed by atoms with Crippen molar-refractivity contribution in [2.24, 2.45) is 11.8 Å². The SMILES string of the molecule is CCC1CCC(N(C)CC(C)CNC(C)C)CC1. The van der Waals surface area contributed by atoms with E-state index in [0.717, 1.165) is 24.4 Å². The van der Waals surface area contributed by atoms with Crippen LogP contribution in [-0.4, -0.2) is 37.1 Å². The molecule has 1 aliphatic carbocycles. The van der Waals surface area contributed by atoms with Crippen LogP contribution in [0.5, 0.6) is 0 Å². The van der Waals surface area contributed by atoms with Gasteiger partial charge >= 0.3 is 0 Å². The van der Waals surface area contributed by atoms with E-state index in [1.807, 2.05) is 0 Å². The van der Waals surface area contributed by atoms with Crippen LogP contribution >= 0.6 is 0 Å². The molecule has 0 amide bonds. The Labute approximate surface area is 115 Å². The van der Waals surface area contributed by atoms with Crippen LogP contribution < -0.4 is 5.32 Å². The Morgan fingerprint density at radius 2 is 1.72 bits per heavy atom. The predicted octanol–water partition coefficient (Wildman–Crippen LogP) is 3.52. The summed E-state index contributed by atoms with van der Waals surface area (Å²) >= 11 is 0. The van der Waals surface area contributed by atoms with Crippen molar-refractivity contribution in [2.75, 3.05) is 20.1 Å². The topological polar surface area (TPSA) is 15.3 Å². The lowest BCUT2D eigenvalue weighted by molar-refractivity contribution is 0.146. The van der Waals surface area contributed by atoms with Crippen molar-refractivity contribution in [1.82, 2.24) is 10.2 Å². The minimum atomic E-state index is 0.609. The highest BCUT2D eigenvalue weighted by atomic mass is 15.1. The first-order valence-corrected chi connectivity index (χ1v) is 7.96. The van der Waals surface area contributed by atoms with Gasteiger partial charge < -0.3 is 10.2 Å². The maximum Gasteiger partial charge on any atom is 0.00925 e. The van der Waals surface area contributed by atoms with Gasteiger partial charge in [-0.25, -0.2) is 0 Å². The summed E-state index contributed by atoms with van der Waals surface area (Å²) in [4.78, 5) is 2.61. The van der Waals surface area contributed by atoms with E-state index in [2.05, 4.69) is 45.0 Å². The third-order valence-corrected chi connectivity index (χ3v) is 4.49. The average Bonchev–Trinajstić information content (AvgIpc) is 2.36. The predicted molar refractivity (Wildman–Crippen MR) is 81.0 cm³/mol. The fourth-order valence-electron chi connectivity index (χ4n) is 3.14. The zero-order chi connectivity index (χ0) is 13.5. The first kappa shape index (κ1) is 16.0. The molecule has 0 heterocycles. The third-order valence-electron chi connectivity index (χ3n) is 4.49. The maximum absolute atomic E-state index is 3.54. The van der Waals surface area contributed by atoms with Crippen LogP contribution in [0.2, 0.25) is 0 Å². The highest BCUT2D eigenvalue weighted by Gasteiger charge is 2.23. The van der Waals surface area contributed by atoms with Crippen LogP contribution in [0.25, 0.3) is 0 Å². The fraction of sp³-hybridized carbons (Fsp3) is 1.00. The highest BCUT2D eigenvalue weighted by Crippen LogP contribution is 2.29. The van der Waals surface area contributed by atoms with Gasteiger partial charge in [0.05, 0.1) is 0 Å². The molecule has 0 aliphatic heterocycles. The molecule has 1 rings (SSSR count). The van der Waals surface area contributed by atoms with Crippen LogP contribution in [0.4, 0.5) is 0 Å². The van der Waals surface area contributed by atoms with E-state index >= 15 is 0 Å². The van der Waals surface area contributed by atoms with Gasteiger partial charge in [-0.2, -0.15) is 0 Å². The van der Waals surface area contributed by atoms with E-state index in [9.17, 15) is 0 Å². The van der Waals surface area contributed by atoms with E-state index in [4.69, 9.17) is 0 Å². The molecule has 1 aliphatic rings. The molecule has 108 valence electrons. The summed E-state index contributed by atoms with van der Waals surface area (Å²) in [6, 6.07) is 1.45. The highest BCUT2D eigenvalue weighted by molar-refractivity contribution is 4.78. The molecule has 1 saturated carbocycles. The number of rotatable bonds is 7. The second-order valence-electron chi connectivity index (χ2n) is 6.69. The van der Waals surface area contributed by atoms with Crippen molar-refractivity contribution < 1.29 is 0 Å². The Kier molecular flexibility index (Phi) is 7.25. The average molecular weight is 254 g/mol. The monoisotopic (exact) mass is 254 g/mol. The van der Waals surface area contributed by atoms with Gasteiger partial charge in [-0.15, -0.1) is 0 Å². The molecule has 0 aromatic rings. The standard InChI is InChI=1S/C16H34N2/c1-6-15-7-9-16(10-8-15)18(5)12-14(4)11-17-13(2)3/h13-17H,6-12H2,1-5H3. The summed E-state index contributed by atoms with van der Waals surface area (Å²) in [5.41, 5.74) is 0. The molecule has 1 unspecified atom stereocenters. The molecule has 1 N–H and O–H groups in total. The first-order chi connectivity index (χ1) is 8.52. The molecule has 0 spiro atoms. The molecular formula is C16H34N2. The van der Waals surface area contributed by atoms with Crippen molar-refractivity contribution in [3.8, 4) is 0 Å². The molecule has 1 fully saturated rings. The Bertz CT molecular complexity index is 207. The minimum Gasteiger partial charge on any atom is -0.314 e. The molecule has 2 heteroatoms. The maximum atomic E-state index is 3.54. The summed E-state index contributed by atoms with van der Waals surface area (Å²) in [7, 11) is 2.32. The van der Waals surface area contributed by atoms with Gasteiger partial charge in [0.1, 0.15) is 0 Å². The van der Waals surface area contributed by atoms with Crippen molar-refractivity contribution in [2.45, 2.75) is 71.9 Å². The summed E-state index contributed by atoms with van der Waals surface area (Å²) in [6.07, 6.45) is 7.11. The molecule has 0 aromatic carbocycles. The number of nitrogens with zero attached hydrogens (tertiary/aromatic N) is 1. The molecule has 0 saturated heterocycles. The molecule has 0 bridgehead atoms. The number of nitrogens with one attached hydrogen (secondary N) is 1. The summed E-state index contributed by atoms with van der Waals surface area (Å²) in [5, 5.41) is 3.54. The zero-order valence-corrected chi connectivity index (χ0v) is 13.2. The van der Waals surface area contributed by atoms with Crippen LogP contribution in [0.15, 0.2) is 0 Å². The fourth-order valence-corrected chi connectivity index (χ4v) is 3.14. The van der Waals surface area contributed by atoms with Crippen molar-refractivity contribution in [3.05, 3.63) is 0 Å². The van der Waals surface area contributed by atoms with Gasteiger partial charge in [0.25, 0.3) is 0 Å². The first-order valence-electron chi connectivity index (χ1n) is 7.96. The third kappa shape index (κ3) is 5.71. The van der Waals surface area contributed by atoms with Crippen LogP contribution in [0.3, 0.4) is 0 Å². The van der Waals surface area contributed by atoms with E-state index in [-0.39, 0.29) is 0 Å². The van der Waals surface area contributed by atoms with Crippen LogP contribution in [0.1, 0.15) is 59.8 Å². The van der Waals surface area contributed by atoms with E-state index in [1.54, 1.807) is 0 Å². The van der Waals surface area contributed by atoms with Gasteiger partial charge in [-0.05, 0) is 51.1 Å². The molecular weight excluding hydrogens is 220 g/mol. The lowest BCUT2D eigenvalue weighted by atomic mass is 9.84. The molecule has 18 heavy (non-hydrogen) atoms. The number of hydrogen-bond acceptors (Lipinski definition) is 2. The second kappa shape index (κ2) is 8.16. The lowest BCUT2D eigenvalue weighted by Crippen LogP contribution is -2.40. The van der Waals surface area contributed by atoms with Gasteiger partial charge in [0.2, 0.25) is 0 Å². The van der Waals surface area contributed by atoms with Crippen molar-refractivity contribution in [3.63, 3.8) is 0 Å². The van der Waals surface area contributed by atoms with E-state index in [1.165, 1.54) is 38.6 Å². The van der Waals surface area contributed by atoms with E-state index in [0.29, 0.717) is 6.04 Å². The van der Waals surface area contributed by atoms with Gasteiger partial charge in [-0.3, -0.25) is 0 Å². The zero-order valence-electron chi connectivity index (χ0n) is 13.2. The Morgan fingerprint density at radius 3 is 2.22 bits per heavy atom. The van der Waals surface area contributed by atoms with Crippen LogP contribution in [0, 0.1) is 11.8 Å². The Balaban J connectivity index is 2.22. The van der Waals surface area contributed by atoms with Gasteiger partial charge in [-0.1, -0.05) is 34.1 Å². The summed E-state index contributed by atoms with van der Waals surface area (Å²) < 4.78 is 0.